The summed E-state index contributed by atoms with van der Waals surface area (Å²) in [5.74, 6) is 0.314. The minimum absolute atomic E-state index is 0.0355. The first kappa shape index (κ1) is 16.9. The first-order valence-electron chi connectivity index (χ1n) is 7.86. The second kappa shape index (κ2) is 7.32. The molecule has 6 heteroatoms. The summed E-state index contributed by atoms with van der Waals surface area (Å²) < 4.78 is 24.2. The molecule has 1 aromatic heterocycles. The largest absolute Gasteiger partial charge is 0.495 e. The number of thiophene rings is 1. The number of methoxy groups -OCH3 is 1. The van der Waals surface area contributed by atoms with Gasteiger partial charge in [0.1, 0.15) is 16.4 Å². The maximum atomic E-state index is 13.1. The predicted molar refractivity (Wildman–Crippen MR) is 91.1 cm³/mol. The molecular weight excluding hydrogens is 329 g/mol. The first-order chi connectivity index (χ1) is 11.6. The van der Waals surface area contributed by atoms with Crippen molar-refractivity contribution < 1.29 is 18.7 Å². The maximum absolute atomic E-state index is 13.1. The number of halogens is 1. The van der Waals surface area contributed by atoms with Gasteiger partial charge in [-0.25, -0.2) is 4.39 Å². The summed E-state index contributed by atoms with van der Waals surface area (Å²) in [7, 11) is 3.39. The Morgan fingerprint density at radius 2 is 2.08 bits per heavy atom. The van der Waals surface area contributed by atoms with Crippen molar-refractivity contribution in [3.05, 3.63) is 52.0 Å². The topological polar surface area (TPSA) is 38.8 Å². The minimum atomic E-state index is -0.261. The monoisotopic (exact) mass is 349 g/mol. The van der Waals surface area contributed by atoms with Gasteiger partial charge >= 0.3 is 0 Å². The van der Waals surface area contributed by atoms with Crippen molar-refractivity contribution in [3.63, 3.8) is 0 Å². The van der Waals surface area contributed by atoms with Crippen LogP contribution in [-0.4, -0.2) is 37.6 Å². The maximum Gasteiger partial charge on any atom is 0.267 e. The lowest BCUT2D eigenvalue weighted by molar-refractivity contribution is -0.0197. The van der Waals surface area contributed by atoms with Crippen LogP contribution in [0.1, 0.15) is 34.2 Å². The predicted octanol–water partition coefficient (Wildman–Crippen LogP) is 3.89. The average molecular weight is 349 g/mol. The lowest BCUT2D eigenvalue weighted by Gasteiger charge is -2.35. The minimum Gasteiger partial charge on any atom is -0.495 e. The highest BCUT2D eigenvalue weighted by Gasteiger charge is 2.30. The van der Waals surface area contributed by atoms with Crippen LogP contribution in [0.25, 0.3) is 0 Å². The SMILES string of the molecule is COc1ccsc1C(=O)N(C)[C@H]1CCO[C@@H](c2ccc(F)cc2)C1. The van der Waals surface area contributed by atoms with E-state index in [1.54, 1.807) is 30.2 Å². The molecule has 128 valence electrons. The fraction of sp³-hybridized carbons (Fsp3) is 0.389. The van der Waals surface area contributed by atoms with E-state index in [1.165, 1.54) is 23.5 Å². The molecule has 0 bridgehead atoms. The fourth-order valence-electron chi connectivity index (χ4n) is 2.98. The fourth-order valence-corrected chi connectivity index (χ4v) is 3.82. The summed E-state index contributed by atoms with van der Waals surface area (Å²) >= 11 is 1.38. The Bertz CT molecular complexity index is 701. The molecule has 2 atom stereocenters. The zero-order valence-electron chi connectivity index (χ0n) is 13.7. The van der Waals surface area contributed by atoms with Crippen LogP contribution in [0, 0.1) is 5.82 Å². The second-order valence-electron chi connectivity index (χ2n) is 5.82. The number of carbonyl (C=O) groups is 1. The molecule has 3 rings (SSSR count). The van der Waals surface area contributed by atoms with Gasteiger partial charge in [0.05, 0.1) is 13.2 Å². The molecular formula is C18H20FNO3S. The van der Waals surface area contributed by atoms with Gasteiger partial charge < -0.3 is 14.4 Å². The molecule has 1 amide bonds. The van der Waals surface area contributed by atoms with Crippen LogP contribution < -0.4 is 4.74 Å². The van der Waals surface area contributed by atoms with E-state index in [4.69, 9.17) is 9.47 Å². The van der Waals surface area contributed by atoms with Crippen LogP contribution in [0.3, 0.4) is 0 Å². The van der Waals surface area contributed by atoms with E-state index in [1.807, 2.05) is 12.4 Å². The molecule has 0 radical (unpaired) electrons. The lowest BCUT2D eigenvalue weighted by atomic mass is 9.96. The molecule has 0 spiro atoms. The molecule has 0 saturated carbocycles. The van der Waals surface area contributed by atoms with Crippen LogP contribution >= 0.6 is 11.3 Å². The van der Waals surface area contributed by atoms with E-state index in [2.05, 4.69) is 0 Å². The molecule has 24 heavy (non-hydrogen) atoms. The zero-order chi connectivity index (χ0) is 17.1. The Labute approximate surface area is 144 Å². The summed E-state index contributed by atoms with van der Waals surface area (Å²) in [5, 5.41) is 1.85. The molecule has 0 N–H and O–H groups in total. The van der Waals surface area contributed by atoms with Crippen molar-refractivity contribution in [1.82, 2.24) is 4.90 Å². The quantitative estimate of drug-likeness (QED) is 0.841. The standard InChI is InChI=1S/C18H20FNO3S/c1-20(18(21)17-15(22-2)8-10-24-17)14-7-9-23-16(11-14)12-3-5-13(19)6-4-12/h3-6,8,10,14,16H,7,9,11H2,1-2H3/t14-,16+/m0/s1. The Morgan fingerprint density at radius 1 is 1.33 bits per heavy atom. The third-order valence-electron chi connectivity index (χ3n) is 4.41. The summed E-state index contributed by atoms with van der Waals surface area (Å²) in [6.45, 7) is 0.575. The molecule has 4 nitrogen and oxygen atoms in total. The van der Waals surface area contributed by atoms with E-state index < -0.39 is 0 Å². The van der Waals surface area contributed by atoms with Gasteiger partial charge in [0, 0.05) is 19.7 Å². The zero-order valence-corrected chi connectivity index (χ0v) is 14.5. The second-order valence-corrected chi connectivity index (χ2v) is 6.74. The summed E-state index contributed by atoms with van der Waals surface area (Å²) in [6.07, 6.45) is 1.36. The van der Waals surface area contributed by atoms with Crippen molar-refractivity contribution in [2.24, 2.45) is 0 Å². The number of hydrogen-bond acceptors (Lipinski definition) is 4. The van der Waals surface area contributed by atoms with Crippen molar-refractivity contribution in [2.45, 2.75) is 25.0 Å². The van der Waals surface area contributed by atoms with Crippen LogP contribution in [0.5, 0.6) is 5.75 Å². The third-order valence-corrected chi connectivity index (χ3v) is 5.29. The first-order valence-corrected chi connectivity index (χ1v) is 8.74. The molecule has 1 saturated heterocycles. The number of ether oxygens (including phenoxy) is 2. The lowest BCUT2D eigenvalue weighted by Crippen LogP contribution is -2.41. The molecule has 1 fully saturated rings. The van der Waals surface area contributed by atoms with Gasteiger partial charge in [-0.05, 0) is 42.0 Å². The van der Waals surface area contributed by atoms with Crippen LogP contribution in [-0.2, 0) is 4.74 Å². The van der Waals surface area contributed by atoms with Crippen molar-refractivity contribution >= 4 is 17.2 Å². The highest BCUT2D eigenvalue weighted by molar-refractivity contribution is 7.12. The van der Waals surface area contributed by atoms with Gasteiger partial charge in [-0.3, -0.25) is 4.79 Å². The van der Waals surface area contributed by atoms with Gasteiger partial charge in [-0.15, -0.1) is 11.3 Å². The van der Waals surface area contributed by atoms with E-state index in [0.29, 0.717) is 23.7 Å². The normalized spacial score (nSPS) is 20.6. The molecule has 2 aromatic rings. The number of benzene rings is 1. The Morgan fingerprint density at radius 3 is 2.79 bits per heavy atom. The number of nitrogens with zero attached hydrogens (tertiary/aromatic N) is 1. The molecule has 0 unspecified atom stereocenters. The molecule has 1 aliphatic rings. The van der Waals surface area contributed by atoms with Crippen LogP contribution in [0.2, 0.25) is 0 Å². The van der Waals surface area contributed by atoms with Crippen molar-refractivity contribution in [3.8, 4) is 5.75 Å². The Balaban J connectivity index is 1.72. The summed E-state index contributed by atoms with van der Waals surface area (Å²) in [4.78, 5) is 15.1. The van der Waals surface area contributed by atoms with Crippen molar-refractivity contribution in [1.29, 1.82) is 0 Å². The summed E-state index contributed by atoms with van der Waals surface area (Å²) in [6, 6.07) is 8.24. The molecule has 0 aliphatic carbocycles. The average Bonchev–Trinajstić information content (AvgIpc) is 3.10. The number of carbonyl (C=O) groups excluding carboxylic acids is 1. The highest BCUT2D eigenvalue weighted by atomic mass is 32.1. The van der Waals surface area contributed by atoms with Gasteiger partial charge in [0.2, 0.25) is 0 Å². The smallest absolute Gasteiger partial charge is 0.267 e. The number of rotatable bonds is 4. The van der Waals surface area contributed by atoms with Gasteiger partial charge in [0.15, 0.2) is 0 Å². The summed E-state index contributed by atoms with van der Waals surface area (Å²) in [5.41, 5.74) is 0.940. The third kappa shape index (κ3) is 3.44. The van der Waals surface area contributed by atoms with Gasteiger partial charge in [-0.2, -0.15) is 0 Å². The molecule has 2 heterocycles. The number of hydrogen-bond donors (Lipinski definition) is 0. The Kier molecular flexibility index (Phi) is 5.16. The van der Waals surface area contributed by atoms with Gasteiger partial charge in [-0.1, -0.05) is 12.1 Å². The van der Waals surface area contributed by atoms with E-state index in [0.717, 1.165) is 12.0 Å². The van der Waals surface area contributed by atoms with Crippen LogP contribution in [0.4, 0.5) is 4.39 Å². The van der Waals surface area contributed by atoms with Gasteiger partial charge in [0.25, 0.3) is 5.91 Å². The van der Waals surface area contributed by atoms with E-state index in [-0.39, 0.29) is 23.9 Å². The van der Waals surface area contributed by atoms with E-state index in [9.17, 15) is 9.18 Å². The van der Waals surface area contributed by atoms with Crippen molar-refractivity contribution in [2.75, 3.05) is 20.8 Å². The Hall–Kier alpha value is -1.92. The molecule has 1 aliphatic heterocycles. The van der Waals surface area contributed by atoms with E-state index >= 15 is 0 Å². The van der Waals surface area contributed by atoms with Crippen LogP contribution in [0.15, 0.2) is 35.7 Å². The molecule has 1 aromatic carbocycles. The highest BCUT2D eigenvalue weighted by Crippen LogP contribution is 2.32. The number of amides is 1.